The number of piperidine rings is 1. The third-order valence-electron chi connectivity index (χ3n) is 5.53. The smallest absolute Gasteiger partial charge is 0.233 e. The lowest BCUT2D eigenvalue weighted by Crippen LogP contribution is -2.37. The summed E-state index contributed by atoms with van der Waals surface area (Å²) in [5.41, 5.74) is 7.69. The van der Waals surface area contributed by atoms with Gasteiger partial charge < -0.3 is 16.1 Å². The molecule has 36 heavy (non-hydrogen) atoms. The van der Waals surface area contributed by atoms with Gasteiger partial charge in [-0.05, 0) is 57.0 Å². The van der Waals surface area contributed by atoms with E-state index >= 15 is 0 Å². The van der Waals surface area contributed by atoms with Crippen LogP contribution in [0.2, 0.25) is 0 Å². The van der Waals surface area contributed by atoms with Crippen LogP contribution in [0, 0.1) is 5.92 Å². The predicted molar refractivity (Wildman–Crippen MR) is 150 cm³/mol. The van der Waals surface area contributed by atoms with Crippen molar-refractivity contribution in [2.24, 2.45) is 15.9 Å². The van der Waals surface area contributed by atoms with Gasteiger partial charge in [-0.25, -0.2) is 10.4 Å². The third-order valence-corrected chi connectivity index (χ3v) is 6.46. The molecule has 1 aromatic carbocycles. The zero-order chi connectivity index (χ0) is 26.3. The normalized spacial score (nSPS) is 16.2. The Hall–Kier alpha value is -2.69. The molecule has 0 saturated carbocycles. The van der Waals surface area contributed by atoms with Crippen molar-refractivity contribution in [3.8, 4) is 0 Å². The molecule has 10 heteroatoms. The molecule has 3 rings (SSSR count). The number of nitrogens with one attached hydrogen (secondary N) is 4. The maximum atomic E-state index is 12.5. The van der Waals surface area contributed by atoms with Gasteiger partial charge in [0.05, 0.1) is 5.92 Å². The van der Waals surface area contributed by atoms with E-state index in [2.05, 4.69) is 40.3 Å². The van der Waals surface area contributed by atoms with Crippen LogP contribution in [0.1, 0.15) is 53.4 Å². The predicted octanol–water partition coefficient (Wildman–Crippen LogP) is 4.10. The van der Waals surface area contributed by atoms with Crippen molar-refractivity contribution in [2.75, 3.05) is 32.5 Å². The summed E-state index contributed by atoms with van der Waals surface area (Å²) in [5, 5.41) is 7.14. The van der Waals surface area contributed by atoms with Gasteiger partial charge in [0.2, 0.25) is 11.9 Å². The summed E-state index contributed by atoms with van der Waals surface area (Å²) in [6.45, 7) is 10.6. The second kappa shape index (κ2) is 16.1. The van der Waals surface area contributed by atoms with Crippen LogP contribution in [0.4, 0.5) is 11.6 Å². The minimum atomic E-state index is 0.0340. The lowest BCUT2D eigenvalue weighted by atomic mass is 9.99. The lowest BCUT2D eigenvalue weighted by Gasteiger charge is -2.21. The number of hydrogen-bond acceptors (Lipinski definition) is 7. The van der Waals surface area contributed by atoms with Crippen LogP contribution in [0.3, 0.4) is 0 Å². The quantitative estimate of drug-likeness (QED) is 0.174. The molecule has 1 aliphatic heterocycles. The molecule has 1 atom stereocenters. The van der Waals surface area contributed by atoms with E-state index in [0.29, 0.717) is 12.5 Å². The van der Waals surface area contributed by atoms with Crippen molar-refractivity contribution >= 4 is 35.1 Å². The fraction of sp³-hybridized carbons (Fsp3) is 0.538. The van der Waals surface area contributed by atoms with E-state index in [4.69, 9.17) is 9.98 Å². The highest BCUT2D eigenvalue weighted by Gasteiger charge is 2.20. The number of anilines is 1. The van der Waals surface area contributed by atoms with E-state index in [-0.39, 0.29) is 11.8 Å². The van der Waals surface area contributed by atoms with Crippen molar-refractivity contribution < 1.29 is 4.79 Å². The number of nitrogens with zero attached hydrogens (tertiary/aromatic N) is 4. The van der Waals surface area contributed by atoms with Gasteiger partial charge in [0.1, 0.15) is 16.3 Å². The van der Waals surface area contributed by atoms with Crippen LogP contribution >= 0.6 is 11.8 Å². The first kappa shape index (κ1) is 29.5. The summed E-state index contributed by atoms with van der Waals surface area (Å²) >= 11 is 1.55. The van der Waals surface area contributed by atoms with Gasteiger partial charge in [0, 0.05) is 50.3 Å². The SMILES string of the molecule is CC.CCC/C(=N\c1nc(Sc2ccc(NC(=O)C3CCCNC3)cc2)cc(=NC)n1CC)NNC. The van der Waals surface area contributed by atoms with Gasteiger partial charge >= 0.3 is 0 Å². The maximum absolute atomic E-state index is 12.5. The molecule has 1 amide bonds. The molecule has 198 valence electrons. The number of aliphatic imine (C=N–C) groups is 1. The molecule has 1 unspecified atom stereocenters. The molecule has 0 spiro atoms. The zero-order valence-corrected chi connectivity index (χ0v) is 23.3. The number of rotatable bonds is 9. The largest absolute Gasteiger partial charge is 0.326 e. The van der Waals surface area contributed by atoms with E-state index in [0.717, 1.165) is 65.7 Å². The fourth-order valence-corrected chi connectivity index (χ4v) is 4.61. The second-order valence-electron chi connectivity index (χ2n) is 8.06. The molecule has 1 fully saturated rings. The number of benzene rings is 1. The molecule has 2 aromatic rings. The van der Waals surface area contributed by atoms with Gasteiger partial charge in [-0.15, -0.1) is 0 Å². The number of amides is 1. The van der Waals surface area contributed by atoms with Crippen LogP contribution in [0.25, 0.3) is 0 Å². The molecule has 9 nitrogen and oxygen atoms in total. The summed E-state index contributed by atoms with van der Waals surface area (Å²) in [6, 6.07) is 9.85. The first-order chi connectivity index (χ1) is 17.6. The Labute approximate surface area is 219 Å². The Balaban J connectivity index is 0.00000222. The van der Waals surface area contributed by atoms with Crippen molar-refractivity contribution in [1.82, 2.24) is 25.7 Å². The minimum absolute atomic E-state index is 0.0340. The highest BCUT2D eigenvalue weighted by atomic mass is 32.2. The molecule has 1 saturated heterocycles. The first-order valence-corrected chi connectivity index (χ1v) is 13.7. The Bertz CT molecular complexity index is 1030. The standard InChI is InChI=1S/C24H36N8OS.C2H6/c1-5-8-20(31-26-4)29-24-30-22(15-21(25-3)32(24)6-2)34-19-12-10-18(11-13-19)28-23(33)17-9-7-14-27-16-17;1-2/h10-13,15,17,26-27H,5-9,14,16H2,1-4H3,(H,28,33)(H,29,30,31);1-2H3. The van der Waals surface area contributed by atoms with Gasteiger partial charge in [-0.1, -0.05) is 32.5 Å². The summed E-state index contributed by atoms with van der Waals surface area (Å²) in [7, 11) is 3.60. The van der Waals surface area contributed by atoms with Crippen molar-refractivity contribution in [1.29, 1.82) is 0 Å². The van der Waals surface area contributed by atoms with Crippen LogP contribution in [0.15, 0.2) is 50.2 Å². The number of hydrogen-bond donors (Lipinski definition) is 4. The molecule has 0 radical (unpaired) electrons. The van der Waals surface area contributed by atoms with Crippen molar-refractivity contribution in [3.63, 3.8) is 0 Å². The number of hydrazine groups is 1. The highest BCUT2D eigenvalue weighted by Crippen LogP contribution is 2.28. The fourth-order valence-electron chi connectivity index (χ4n) is 3.80. The second-order valence-corrected chi connectivity index (χ2v) is 9.16. The van der Waals surface area contributed by atoms with Crippen molar-refractivity contribution in [3.05, 3.63) is 35.8 Å². The van der Waals surface area contributed by atoms with Crippen LogP contribution < -0.4 is 27.0 Å². The molecular formula is C26H42N8OS. The third kappa shape index (κ3) is 8.76. The van der Waals surface area contributed by atoms with Crippen molar-refractivity contribution in [2.45, 2.75) is 69.8 Å². The number of amidine groups is 1. The van der Waals surface area contributed by atoms with Crippen LogP contribution in [0.5, 0.6) is 0 Å². The molecule has 2 heterocycles. The summed E-state index contributed by atoms with van der Waals surface area (Å²) in [5.74, 6) is 1.56. The Morgan fingerprint density at radius 2 is 2.00 bits per heavy atom. The number of aromatic nitrogens is 2. The minimum Gasteiger partial charge on any atom is -0.326 e. The maximum Gasteiger partial charge on any atom is 0.233 e. The lowest BCUT2D eigenvalue weighted by molar-refractivity contribution is -0.120. The monoisotopic (exact) mass is 514 g/mol. The number of carbonyl (C=O) groups is 1. The summed E-state index contributed by atoms with van der Waals surface area (Å²) in [6.07, 6.45) is 3.76. The molecule has 0 bridgehead atoms. The average molecular weight is 515 g/mol. The van der Waals surface area contributed by atoms with E-state index in [1.54, 1.807) is 18.8 Å². The van der Waals surface area contributed by atoms with Gasteiger partial charge in [-0.2, -0.15) is 4.99 Å². The molecule has 1 aromatic heterocycles. The Kier molecular flexibility index (Phi) is 13.2. The van der Waals surface area contributed by atoms with Crippen LogP contribution in [-0.2, 0) is 11.3 Å². The molecule has 4 N–H and O–H groups in total. The van der Waals surface area contributed by atoms with Gasteiger partial charge in [-0.3, -0.25) is 14.4 Å². The van der Waals surface area contributed by atoms with E-state index < -0.39 is 0 Å². The number of carbonyl (C=O) groups excluding carboxylic acids is 1. The Morgan fingerprint density at radius 1 is 1.25 bits per heavy atom. The van der Waals surface area contributed by atoms with E-state index in [1.165, 1.54) is 0 Å². The van der Waals surface area contributed by atoms with E-state index in [9.17, 15) is 4.79 Å². The summed E-state index contributed by atoms with van der Waals surface area (Å²) in [4.78, 5) is 27.6. The molecule has 0 aliphatic carbocycles. The zero-order valence-electron chi connectivity index (χ0n) is 22.5. The molecule has 1 aliphatic rings. The average Bonchev–Trinajstić information content (AvgIpc) is 2.91. The van der Waals surface area contributed by atoms with Gasteiger partial charge in [0.25, 0.3) is 0 Å². The van der Waals surface area contributed by atoms with Crippen LogP contribution in [-0.4, -0.2) is 48.5 Å². The summed E-state index contributed by atoms with van der Waals surface area (Å²) < 4.78 is 2.00. The van der Waals surface area contributed by atoms with E-state index in [1.807, 2.05) is 55.8 Å². The topological polar surface area (TPSA) is 108 Å². The molecular weight excluding hydrogens is 472 g/mol. The highest BCUT2D eigenvalue weighted by molar-refractivity contribution is 7.99. The first-order valence-electron chi connectivity index (χ1n) is 12.9. The Morgan fingerprint density at radius 3 is 2.58 bits per heavy atom. The van der Waals surface area contributed by atoms with Gasteiger partial charge in [0.15, 0.2) is 0 Å².